The molecule has 4 amide bonds. The van der Waals surface area contributed by atoms with Crippen LogP contribution in [0, 0.1) is 12.3 Å². The van der Waals surface area contributed by atoms with Crippen molar-refractivity contribution >= 4 is 63.6 Å². The number of piperazine rings is 1. The molecule has 0 radical (unpaired) electrons. The Kier molecular flexibility index (Phi) is 8.96. The molecule has 0 unspecified atom stereocenters. The molecule has 4 aliphatic rings. The van der Waals surface area contributed by atoms with Crippen molar-refractivity contribution in [3.8, 4) is 0 Å². The second-order valence-electron chi connectivity index (χ2n) is 13.1. The first kappa shape index (κ1) is 31.9. The monoisotopic (exact) mass is 672 g/mol. The van der Waals surface area contributed by atoms with E-state index in [2.05, 4.69) is 40.3 Å². The van der Waals surface area contributed by atoms with Crippen LogP contribution in [0.3, 0.4) is 0 Å². The summed E-state index contributed by atoms with van der Waals surface area (Å²) in [6.07, 6.45) is 5.14. The van der Waals surface area contributed by atoms with Gasteiger partial charge in [-0.3, -0.25) is 29.5 Å². The first-order chi connectivity index (χ1) is 23.3. The fraction of sp³-hybridized carbons (Fsp3) is 0.485. The first-order valence-corrected chi connectivity index (χ1v) is 17.3. The second-order valence-corrected chi connectivity index (χ2v) is 14.2. The number of likely N-dealkylation sites (tertiary alicyclic amines) is 1. The van der Waals surface area contributed by atoms with Crippen LogP contribution in [-0.4, -0.2) is 114 Å². The Bertz CT molecular complexity index is 1680. The largest absolute Gasteiger partial charge is 0.370 e. The van der Waals surface area contributed by atoms with Crippen LogP contribution in [0.5, 0.6) is 0 Å². The molecule has 14 nitrogen and oxygen atoms in total. The van der Waals surface area contributed by atoms with Gasteiger partial charge < -0.3 is 20.0 Å². The summed E-state index contributed by atoms with van der Waals surface area (Å²) >= 11 is 1.29. The van der Waals surface area contributed by atoms with Gasteiger partial charge in [0.15, 0.2) is 11.4 Å². The number of benzene rings is 1. The number of thiazole rings is 1. The molecule has 48 heavy (non-hydrogen) atoms. The number of aldehydes is 1. The summed E-state index contributed by atoms with van der Waals surface area (Å²) in [5.74, 6) is 2.24. The Morgan fingerprint density at radius 3 is 2.44 bits per heavy atom. The summed E-state index contributed by atoms with van der Waals surface area (Å²) in [4.78, 5) is 72.0. The van der Waals surface area contributed by atoms with Gasteiger partial charge in [0, 0.05) is 94.6 Å². The van der Waals surface area contributed by atoms with Crippen molar-refractivity contribution in [1.82, 2.24) is 30.1 Å². The summed E-state index contributed by atoms with van der Waals surface area (Å²) in [5, 5.41) is 6.18. The number of hydrogen-bond donors (Lipinski definition) is 2. The summed E-state index contributed by atoms with van der Waals surface area (Å²) in [6, 6.07) is 9.46. The van der Waals surface area contributed by atoms with Crippen LogP contribution in [0.15, 0.2) is 36.5 Å². The van der Waals surface area contributed by atoms with Gasteiger partial charge in [-0.2, -0.15) is 0 Å². The number of nitrogens with one attached hydrogen (secondary N) is 2. The lowest BCUT2D eigenvalue weighted by Crippen LogP contribution is -2.73. The van der Waals surface area contributed by atoms with E-state index in [1.165, 1.54) is 11.3 Å². The molecule has 6 heterocycles. The van der Waals surface area contributed by atoms with Gasteiger partial charge in [0.2, 0.25) is 11.8 Å². The molecule has 252 valence electrons. The topological polar surface area (TPSA) is 147 Å². The SMILES string of the molecule is Cc1nc(Nc2ncc(C=O)s2)cc(N2CCN(CCCCC(=O)N3CC4(C3)CN(c3ccc(N5CCC(=O)NC5=O)cc3)C4)CC2)n1. The maximum atomic E-state index is 12.9. The molecule has 3 aromatic rings. The summed E-state index contributed by atoms with van der Waals surface area (Å²) in [5.41, 5.74) is 2.09. The molecule has 4 saturated heterocycles. The van der Waals surface area contributed by atoms with E-state index in [1.807, 2.05) is 42.2 Å². The number of rotatable bonds is 11. The molecule has 0 saturated carbocycles. The third-order valence-electron chi connectivity index (χ3n) is 9.55. The number of hydrogen-bond acceptors (Lipinski definition) is 12. The van der Waals surface area contributed by atoms with E-state index in [-0.39, 0.29) is 23.3 Å². The molecule has 1 aromatic carbocycles. The molecule has 0 bridgehead atoms. The van der Waals surface area contributed by atoms with Gasteiger partial charge in [0.05, 0.1) is 11.1 Å². The van der Waals surface area contributed by atoms with Crippen molar-refractivity contribution in [1.29, 1.82) is 0 Å². The standard InChI is InChI=1S/C33H40N10O4S/c1-23-35-27(37-31-34-17-26(18-44)48-31)16-28(36-23)40-14-12-39(13-15-40)10-3-2-4-30(46)42-21-33(22-42)19-41(20-33)24-5-7-25(8-6-24)43-11-9-29(45)38-32(43)47/h5-8,16-18H,2-4,9-15,19-22H2,1H3,(H,38,45,47)(H,34,35,36,37). The van der Waals surface area contributed by atoms with E-state index in [4.69, 9.17) is 0 Å². The second kappa shape index (κ2) is 13.5. The maximum Gasteiger partial charge on any atom is 0.328 e. The van der Waals surface area contributed by atoms with Crippen LogP contribution in [0.4, 0.5) is 32.9 Å². The molecule has 4 fully saturated rings. The lowest BCUT2D eigenvalue weighted by molar-refractivity contribution is -0.145. The maximum absolute atomic E-state index is 12.9. The van der Waals surface area contributed by atoms with Crippen LogP contribution in [-0.2, 0) is 9.59 Å². The number of anilines is 5. The lowest BCUT2D eigenvalue weighted by atomic mass is 9.72. The van der Waals surface area contributed by atoms with E-state index in [9.17, 15) is 19.2 Å². The van der Waals surface area contributed by atoms with Crippen molar-refractivity contribution in [3.05, 3.63) is 47.2 Å². The fourth-order valence-corrected chi connectivity index (χ4v) is 7.63. The molecule has 4 aliphatic heterocycles. The van der Waals surface area contributed by atoms with Gasteiger partial charge in [0.25, 0.3) is 0 Å². The van der Waals surface area contributed by atoms with Gasteiger partial charge in [-0.05, 0) is 50.6 Å². The van der Waals surface area contributed by atoms with Crippen LogP contribution in [0.2, 0.25) is 0 Å². The van der Waals surface area contributed by atoms with E-state index in [1.54, 1.807) is 11.1 Å². The number of carbonyl (C=O) groups excluding carboxylic acids is 4. The van der Waals surface area contributed by atoms with Gasteiger partial charge in [0.1, 0.15) is 17.5 Å². The Balaban J connectivity index is 0.782. The zero-order valence-electron chi connectivity index (χ0n) is 27.1. The van der Waals surface area contributed by atoms with Crippen LogP contribution in [0.1, 0.15) is 41.2 Å². The Labute approximate surface area is 283 Å². The predicted molar refractivity (Wildman–Crippen MR) is 183 cm³/mol. The molecule has 0 atom stereocenters. The highest BCUT2D eigenvalue weighted by molar-refractivity contribution is 7.17. The number of urea groups is 1. The van der Waals surface area contributed by atoms with Gasteiger partial charge in [-0.25, -0.2) is 19.7 Å². The minimum Gasteiger partial charge on any atom is -0.370 e. The Morgan fingerprint density at radius 1 is 0.979 bits per heavy atom. The summed E-state index contributed by atoms with van der Waals surface area (Å²) in [6.45, 7) is 10.4. The first-order valence-electron chi connectivity index (χ1n) is 16.5. The van der Waals surface area contributed by atoms with E-state index in [0.717, 1.165) is 95.2 Å². The average molecular weight is 673 g/mol. The highest BCUT2D eigenvalue weighted by Gasteiger charge is 2.53. The van der Waals surface area contributed by atoms with Crippen molar-refractivity contribution in [2.45, 2.75) is 32.6 Å². The number of aromatic nitrogens is 3. The molecule has 2 aromatic heterocycles. The lowest BCUT2D eigenvalue weighted by Gasteiger charge is -2.61. The van der Waals surface area contributed by atoms with Crippen molar-refractivity contribution in [3.63, 3.8) is 0 Å². The fourth-order valence-electron chi connectivity index (χ4n) is 7.00. The zero-order chi connectivity index (χ0) is 33.3. The smallest absolute Gasteiger partial charge is 0.328 e. The third-order valence-corrected chi connectivity index (χ3v) is 10.4. The highest BCUT2D eigenvalue weighted by Crippen LogP contribution is 2.42. The van der Waals surface area contributed by atoms with E-state index in [0.29, 0.717) is 41.0 Å². The Morgan fingerprint density at radius 2 is 1.73 bits per heavy atom. The van der Waals surface area contributed by atoms with Gasteiger partial charge in [-0.15, -0.1) is 0 Å². The summed E-state index contributed by atoms with van der Waals surface area (Å²) < 4.78 is 0. The number of carbonyl (C=O) groups is 4. The Hall–Kier alpha value is -4.63. The number of unbranched alkanes of at least 4 members (excludes halogenated alkanes) is 1. The van der Waals surface area contributed by atoms with E-state index < -0.39 is 0 Å². The van der Waals surface area contributed by atoms with Crippen molar-refractivity contribution in [2.75, 3.05) is 85.5 Å². The number of amides is 4. The molecule has 1 spiro atoms. The quantitative estimate of drug-likeness (QED) is 0.229. The molecule has 7 rings (SSSR count). The normalized spacial score (nSPS) is 19.2. The molecular formula is C33H40N10O4S. The third kappa shape index (κ3) is 6.97. The molecular weight excluding hydrogens is 632 g/mol. The predicted octanol–water partition coefficient (Wildman–Crippen LogP) is 2.89. The van der Waals surface area contributed by atoms with Crippen LogP contribution < -0.4 is 25.3 Å². The number of nitrogens with zero attached hydrogens (tertiary/aromatic N) is 8. The van der Waals surface area contributed by atoms with Crippen molar-refractivity contribution in [2.24, 2.45) is 5.41 Å². The molecule has 0 aliphatic carbocycles. The molecule has 2 N–H and O–H groups in total. The highest BCUT2D eigenvalue weighted by atomic mass is 32.1. The van der Waals surface area contributed by atoms with Gasteiger partial charge >= 0.3 is 6.03 Å². The van der Waals surface area contributed by atoms with Gasteiger partial charge in [-0.1, -0.05) is 11.3 Å². The average Bonchev–Trinajstić information content (AvgIpc) is 3.50. The van der Waals surface area contributed by atoms with E-state index >= 15 is 0 Å². The molecule has 15 heteroatoms. The minimum absolute atomic E-state index is 0.195. The van der Waals surface area contributed by atoms with Crippen LogP contribution in [0.25, 0.3) is 0 Å². The van der Waals surface area contributed by atoms with Crippen molar-refractivity contribution < 1.29 is 19.2 Å². The number of aryl methyl sites for hydroxylation is 1. The van der Waals surface area contributed by atoms with Crippen LogP contribution >= 0.6 is 11.3 Å². The summed E-state index contributed by atoms with van der Waals surface area (Å²) in [7, 11) is 0. The minimum atomic E-state index is -0.373. The number of imide groups is 1. The zero-order valence-corrected chi connectivity index (χ0v) is 27.9.